The van der Waals surface area contributed by atoms with Gasteiger partial charge in [-0.15, -0.1) is 0 Å². The largest absolute Gasteiger partial charge is 0.381 e. The van der Waals surface area contributed by atoms with Crippen LogP contribution in [0, 0.1) is 5.92 Å². The number of thioether (sulfide) groups is 1. The van der Waals surface area contributed by atoms with Gasteiger partial charge in [-0.05, 0) is 18.0 Å². The fourth-order valence-electron chi connectivity index (χ4n) is 1.27. The molecular weight excluding hydrogens is 220 g/mol. The second kappa shape index (κ2) is 4.86. The molecule has 1 saturated heterocycles. The van der Waals surface area contributed by atoms with Gasteiger partial charge in [0.2, 0.25) is 0 Å². The predicted molar refractivity (Wildman–Crippen MR) is 54.6 cm³/mol. The van der Waals surface area contributed by atoms with Gasteiger partial charge in [0, 0.05) is 12.5 Å². The highest BCUT2D eigenvalue weighted by molar-refractivity contribution is 8.01. The second-order valence-electron chi connectivity index (χ2n) is 3.02. The lowest BCUT2D eigenvalue weighted by Gasteiger charge is -2.03. The zero-order valence-electron chi connectivity index (χ0n) is 7.51. The first-order valence-corrected chi connectivity index (χ1v) is 6.12. The lowest BCUT2D eigenvalue weighted by molar-refractivity contribution is -0.120. The molecule has 0 aliphatic carbocycles. The van der Waals surface area contributed by atoms with E-state index >= 15 is 0 Å². The van der Waals surface area contributed by atoms with E-state index in [1.807, 2.05) is 0 Å². The monoisotopic (exact) mass is 230 g/mol. The van der Waals surface area contributed by atoms with Crippen molar-refractivity contribution in [2.45, 2.75) is 10.8 Å². The topological polar surface area (TPSA) is 52.1 Å². The van der Waals surface area contributed by atoms with Gasteiger partial charge in [0.25, 0.3) is 0 Å². The Labute approximate surface area is 90.2 Å². The summed E-state index contributed by atoms with van der Waals surface area (Å²) in [5, 5.41) is 0. The second-order valence-corrected chi connectivity index (χ2v) is 5.03. The SMILES string of the molecule is O=C(CSc1ncns1)C1CCOC1. The molecule has 6 heteroatoms. The molecule has 0 amide bonds. The van der Waals surface area contributed by atoms with Crippen molar-refractivity contribution in [2.75, 3.05) is 19.0 Å². The highest BCUT2D eigenvalue weighted by Crippen LogP contribution is 2.21. The molecular formula is C8H10N2O2S2. The number of ether oxygens (including phenoxy) is 1. The molecule has 1 fully saturated rings. The number of carbonyl (C=O) groups is 1. The third kappa shape index (κ3) is 2.52. The molecule has 0 saturated carbocycles. The van der Waals surface area contributed by atoms with Gasteiger partial charge in [-0.25, -0.2) is 4.98 Å². The smallest absolute Gasteiger partial charge is 0.170 e. The normalized spacial score (nSPS) is 21.3. The first-order chi connectivity index (χ1) is 6.86. The van der Waals surface area contributed by atoms with Crippen LogP contribution in [-0.2, 0) is 9.53 Å². The molecule has 1 unspecified atom stereocenters. The molecule has 1 aromatic heterocycles. The van der Waals surface area contributed by atoms with Crippen LogP contribution < -0.4 is 0 Å². The minimum absolute atomic E-state index is 0.107. The van der Waals surface area contributed by atoms with E-state index in [4.69, 9.17) is 4.74 Å². The highest BCUT2D eigenvalue weighted by Gasteiger charge is 2.23. The standard InChI is InChI=1S/C8H10N2O2S2/c11-7(6-1-2-12-3-6)4-13-8-9-5-10-14-8/h5-6H,1-4H2. The van der Waals surface area contributed by atoms with Crippen molar-refractivity contribution < 1.29 is 9.53 Å². The molecule has 2 heterocycles. The summed E-state index contributed by atoms with van der Waals surface area (Å²) in [5.41, 5.74) is 0. The van der Waals surface area contributed by atoms with E-state index in [-0.39, 0.29) is 11.7 Å². The van der Waals surface area contributed by atoms with Crippen LogP contribution in [0.25, 0.3) is 0 Å². The summed E-state index contributed by atoms with van der Waals surface area (Å²) in [7, 11) is 0. The van der Waals surface area contributed by atoms with Crippen molar-refractivity contribution in [3.05, 3.63) is 6.33 Å². The fraction of sp³-hybridized carbons (Fsp3) is 0.625. The molecule has 2 rings (SSSR count). The van der Waals surface area contributed by atoms with Crippen molar-refractivity contribution in [1.82, 2.24) is 9.36 Å². The van der Waals surface area contributed by atoms with Gasteiger partial charge in [-0.2, -0.15) is 4.37 Å². The summed E-state index contributed by atoms with van der Waals surface area (Å²) in [6.07, 6.45) is 2.38. The van der Waals surface area contributed by atoms with E-state index in [1.165, 1.54) is 29.6 Å². The van der Waals surface area contributed by atoms with Crippen LogP contribution in [0.4, 0.5) is 0 Å². The van der Waals surface area contributed by atoms with Crippen molar-refractivity contribution >= 4 is 29.1 Å². The molecule has 0 aromatic carbocycles. The van der Waals surface area contributed by atoms with Gasteiger partial charge in [0.1, 0.15) is 12.1 Å². The number of Topliss-reactive ketones (excluding diaryl/α,β-unsaturated/α-hetero) is 1. The lowest BCUT2D eigenvalue weighted by Crippen LogP contribution is -2.16. The average Bonchev–Trinajstić information content (AvgIpc) is 2.87. The van der Waals surface area contributed by atoms with Crippen LogP contribution >= 0.6 is 23.3 Å². The van der Waals surface area contributed by atoms with Crippen LogP contribution in [0.2, 0.25) is 0 Å². The zero-order valence-corrected chi connectivity index (χ0v) is 9.14. The molecule has 76 valence electrons. The molecule has 1 atom stereocenters. The summed E-state index contributed by atoms with van der Waals surface area (Å²) in [6, 6.07) is 0. The number of rotatable bonds is 4. The van der Waals surface area contributed by atoms with Crippen molar-refractivity contribution in [1.29, 1.82) is 0 Å². The van der Waals surface area contributed by atoms with Gasteiger partial charge in [-0.3, -0.25) is 4.79 Å². The van der Waals surface area contributed by atoms with Crippen LogP contribution in [0.5, 0.6) is 0 Å². The number of aromatic nitrogens is 2. The van der Waals surface area contributed by atoms with E-state index in [0.29, 0.717) is 12.4 Å². The first kappa shape index (κ1) is 10.1. The van der Waals surface area contributed by atoms with Crippen molar-refractivity contribution in [3.8, 4) is 0 Å². The van der Waals surface area contributed by atoms with Crippen LogP contribution in [0.15, 0.2) is 10.7 Å². The lowest BCUT2D eigenvalue weighted by atomic mass is 10.1. The summed E-state index contributed by atoms with van der Waals surface area (Å²) >= 11 is 2.79. The van der Waals surface area contributed by atoms with Crippen LogP contribution in [0.1, 0.15) is 6.42 Å². The summed E-state index contributed by atoms with van der Waals surface area (Å²) in [4.78, 5) is 15.6. The van der Waals surface area contributed by atoms with Crippen molar-refractivity contribution in [2.24, 2.45) is 5.92 Å². The Morgan fingerprint density at radius 1 is 1.79 bits per heavy atom. The first-order valence-electron chi connectivity index (χ1n) is 4.36. The average molecular weight is 230 g/mol. The summed E-state index contributed by atoms with van der Waals surface area (Å²) in [6.45, 7) is 1.31. The summed E-state index contributed by atoms with van der Waals surface area (Å²) in [5.74, 6) is 0.863. The van der Waals surface area contributed by atoms with Gasteiger partial charge in [0.05, 0.1) is 12.4 Å². The molecule has 4 nitrogen and oxygen atoms in total. The molecule has 14 heavy (non-hydrogen) atoms. The Bertz CT molecular complexity index is 296. The zero-order chi connectivity index (χ0) is 9.80. The van der Waals surface area contributed by atoms with Gasteiger partial charge < -0.3 is 4.74 Å². The van der Waals surface area contributed by atoms with Crippen molar-refractivity contribution in [3.63, 3.8) is 0 Å². The molecule has 1 aliphatic rings. The third-order valence-electron chi connectivity index (χ3n) is 2.06. The van der Waals surface area contributed by atoms with Gasteiger partial charge in [-0.1, -0.05) is 11.8 Å². The molecule has 0 N–H and O–H groups in total. The number of carbonyl (C=O) groups excluding carboxylic acids is 1. The van der Waals surface area contributed by atoms with Crippen LogP contribution in [0.3, 0.4) is 0 Å². The molecule has 0 radical (unpaired) electrons. The van der Waals surface area contributed by atoms with E-state index in [2.05, 4.69) is 9.36 Å². The minimum atomic E-state index is 0.107. The minimum Gasteiger partial charge on any atom is -0.381 e. The Morgan fingerprint density at radius 2 is 2.71 bits per heavy atom. The highest BCUT2D eigenvalue weighted by atomic mass is 32.2. The molecule has 0 bridgehead atoms. The molecule has 1 aromatic rings. The Kier molecular flexibility index (Phi) is 3.49. The van der Waals surface area contributed by atoms with E-state index in [0.717, 1.165) is 17.4 Å². The number of nitrogens with zero attached hydrogens (tertiary/aromatic N) is 2. The fourth-order valence-corrected chi connectivity index (χ4v) is 2.68. The summed E-state index contributed by atoms with van der Waals surface area (Å²) < 4.78 is 9.89. The Balaban J connectivity index is 1.77. The van der Waals surface area contributed by atoms with Gasteiger partial charge >= 0.3 is 0 Å². The van der Waals surface area contributed by atoms with E-state index in [1.54, 1.807) is 0 Å². The molecule has 0 spiro atoms. The third-order valence-corrected chi connectivity index (χ3v) is 3.88. The van der Waals surface area contributed by atoms with Gasteiger partial charge in [0.15, 0.2) is 4.34 Å². The molecule has 1 aliphatic heterocycles. The van der Waals surface area contributed by atoms with E-state index in [9.17, 15) is 4.79 Å². The maximum absolute atomic E-state index is 11.6. The van der Waals surface area contributed by atoms with E-state index < -0.39 is 0 Å². The number of ketones is 1. The Hall–Kier alpha value is -0.460. The quantitative estimate of drug-likeness (QED) is 0.728. The predicted octanol–water partition coefficient (Wildman–Crippen LogP) is 1.24. The van der Waals surface area contributed by atoms with Crippen LogP contribution in [-0.4, -0.2) is 34.1 Å². The maximum Gasteiger partial charge on any atom is 0.170 e. The maximum atomic E-state index is 11.6. The number of hydrogen-bond acceptors (Lipinski definition) is 6. The number of hydrogen-bond donors (Lipinski definition) is 0. The Morgan fingerprint density at radius 3 is 3.36 bits per heavy atom.